The predicted octanol–water partition coefficient (Wildman–Crippen LogP) is 4.73. The molecule has 0 fully saturated rings. The third-order valence-electron chi connectivity index (χ3n) is 4.58. The first-order valence-electron chi connectivity index (χ1n) is 8.66. The molecule has 0 atom stereocenters. The fraction of sp³-hybridized carbons (Fsp3) is 0.250. The van der Waals surface area contributed by atoms with Gasteiger partial charge in [0.1, 0.15) is 0 Å². The fourth-order valence-electron chi connectivity index (χ4n) is 3.38. The summed E-state index contributed by atoms with van der Waals surface area (Å²) in [5.41, 5.74) is 3.04. The molecule has 0 bridgehead atoms. The van der Waals surface area contributed by atoms with E-state index in [4.69, 9.17) is 0 Å². The van der Waals surface area contributed by atoms with Gasteiger partial charge >= 0.3 is 0 Å². The molecule has 0 spiro atoms. The molecule has 1 N–H and O–H groups in total. The van der Waals surface area contributed by atoms with Crippen molar-refractivity contribution in [3.63, 3.8) is 0 Å². The molecule has 0 saturated carbocycles. The summed E-state index contributed by atoms with van der Waals surface area (Å²) >= 11 is 4.81. The van der Waals surface area contributed by atoms with Crippen LogP contribution in [-0.4, -0.2) is 26.4 Å². The molecule has 0 unspecified atom stereocenters. The van der Waals surface area contributed by atoms with E-state index < -0.39 is 0 Å². The third kappa shape index (κ3) is 3.66. The van der Waals surface area contributed by atoms with E-state index in [1.165, 1.54) is 17.3 Å². The van der Waals surface area contributed by atoms with E-state index in [0.29, 0.717) is 0 Å². The lowest BCUT2D eigenvalue weighted by molar-refractivity contribution is -0.113. The number of carbonyl (C=O) groups is 1. The maximum absolute atomic E-state index is 12.3. The van der Waals surface area contributed by atoms with Gasteiger partial charge < -0.3 is 5.32 Å². The molecule has 7 heteroatoms. The van der Waals surface area contributed by atoms with Crippen molar-refractivity contribution >= 4 is 39.3 Å². The number of nitrogens with zero attached hydrogens (tertiary/aromatic N) is 3. The van der Waals surface area contributed by atoms with E-state index in [0.717, 1.165) is 33.1 Å². The zero-order chi connectivity index (χ0) is 19.0. The Morgan fingerprint density at radius 1 is 1.19 bits per heavy atom. The Hall–Kier alpha value is -2.12. The number of halogens is 1. The van der Waals surface area contributed by atoms with E-state index in [9.17, 15) is 4.79 Å². The first-order chi connectivity index (χ1) is 12.9. The Morgan fingerprint density at radius 3 is 2.70 bits per heavy atom. The molecule has 1 amide bonds. The number of fused-ring (bicyclic) bond motifs is 3. The molecule has 0 saturated heterocycles. The van der Waals surface area contributed by atoms with Crippen LogP contribution >= 0.6 is 27.7 Å². The molecule has 138 valence electrons. The number of hydrogen-bond donors (Lipinski definition) is 1. The van der Waals surface area contributed by atoms with Crippen LogP contribution in [0.3, 0.4) is 0 Å². The molecular weight excluding hydrogens is 424 g/mol. The highest BCUT2D eigenvalue weighted by molar-refractivity contribution is 9.10. The summed E-state index contributed by atoms with van der Waals surface area (Å²) in [5.74, 6) is 1.10. The second kappa shape index (κ2) is 7.13. The van der Waals surface area contributed by atoms with Gasteiger partial charge in [-0.05, 0) is 50.1 Å². The molecule has 1 aliphatic rings. The number of carbonyl (C=O) groups excluding carboxylic acids is 1. The summed E-state index contributed by atoms with van der Waals surface area (Å²) in [6.45, 7) is 4.36. The van der Waals surface area contributed by atoms with Gasteiger partial charge in [0.05, 0.1) is 5.75 Å². The molecule has 0 aliphatic carbocycles. The Bertz CT molecular complexity index is 997. The summed E-state index contributed by atoms with van der Waals surface area (Å²) in [6.07, 6.45) is 0.910. The average molecular weight is 443 g/mol. The molecule has 5 nitrogen and oxygen atoms in total. The Balaban J connectivity index is 1.52. The Labute approximate surface area is 170 Å². The van der Waals surface area contributed by atoms with E-state index in [2.05, 4.69) is 68.1 Å². The second-order valence-corrected chi connectivity index (χ2v) is 8.99. The zero-order valence-corrected chi connectivity index (χ0v) is 17.5. The van der Waals surface area contributed by atoms with Gasteiger partial charge in [0.2, 0.25) is 5.91 Å². The number of rotatable bonds is 4. The number of thioether (sulfide) groups is 1. The maximum Gasteiger partial charge on any atom is 0.234 e. The number of aromatic nitrogens is 3. The van der Waals surface area contributed by atoms with Gasteiger partial charge in [-0.3, -0.25) is 9.36 Å². The summed E-state index contributed by atoms with van der Waals surface area (Å²) in [6, 6.07) is 15.8. The fourth-order valence-corrected chi connectivity index (χ4v) is 4.54. The van der Waals surface area contributed by atoms with Crippen molar-refractivity contribution in [2.75, 3.05) is 11.1 Å². The molecule has 1 aromatic heterocycles. The standard InChI is InChI=1S/C20H19BrN4OS/c1-20(2)11-13-5-3-4-6-16(13)18-23-24-19(25(18)20)27-12-17(26)22-15-9-7-14(21)8-10-15/h3-10H,11-12H2,1-2H3,(H,22,26). The van der Waals surface area contributed by atoms with Crippen molar-refractivity contribution in [1.82, 2.24) is 14.8 Å². The topological polar surface area (TPSA) is 59.8 Å². The predicted molar refractivity (Wildman–Crippen MR) is 112 cm³/mol. The van der Waals surface area contributed by atoms with Gasteiger partial charge in [0, 0.05) is 21.3 Å². The van der Waals surface area contributed by atoms with Crippen molar-refractivity contribution in [3.05, 3.63) is 58.6 Å². The third-order valence-corrected chi connectivity index (χ3v) is 6.04. The van der Waals surface area contributed by atoms with Crippen molar-refractivity contribution in [2.45, 2.75) is 31.0 Å². The summed E-state index contributed by atoms with van der Waals surface area (Å²) in [7, 11) is 0. The number of amides is 1. The average Bonchev–Trinajstić information content (AvgIpc) is 3.07. The highest BCUT2D eigenvalue weighted by atomic mass is 79.9. The molecule has 27 heavy (non-hydrogen) atoms. The maximum atomic E-state index is 12.3. The first-order valence-corrected chi connectivity index (χ1v) is 10.4. The summed E-state index contributed by atoms with van der Waals surface area (Å²) in [4.78, 5) is 12.3. The van der Waals surface area contributed by atoms with Crippen LogP contribution in [0.2, 0.25) is 0 Å². The van der Waals surface area contributed by atoms with Crippen molar-refractivity contribution in [1.29, 1.82) is 0 Å². The minimum atomic E-state index is -0.141. The largest absolute Gasteiger partial charge is 0.325 e. The summed E-state index contributed by atoms with van der Waals surface area (Å²) in [5, 5.41) is 12.5. The van der Waals surface area contributed by atoms with Crippen LogP contribution in [0.4, 0.5) is 5.69 Å². The quantitative estimate of drug-likeness (QED) is 0.593. The SMILES string of the molecule is CC1(C)Cc2ccccc2-c2nnc(SCC(=O)Nc3ccc(Br)cc3)n21. The van der Waals surface area contributed by atoms with Crippen molar-refractivity contribution in [2.24, 2.45) is 0 Å². The van der Waals surface area contributed by atoms with E-state index >= 15 is 0 Å². The molecule has 1 aliphatic heterocycles. The van der Waals surface area contributed by atoms with Gasteiger partial charge in [-0.15, -0.1) is 10.2 Å². The van der Waals surface area contributed by atoms with E-state index in [-0.39, 0.29) is 17.2 Å². The lowest BCUT2D eigenvalue weighted by Gasteiger charge is -2.34. The normalized spacial score (nSPS) is 14.3. The highest BCUT2D eigenvalue weighted by Gasteiger charge is 2.34. The van der Waals surface area contributed by atoms with Crippen LogP contribution in [0.15, 0.2) is 58.2 Å². The molecular formula is C20H19BrN4OS. The minimum absolute atomic E-state index is 0.0614. The van der Waals surface area contributed by atoms with Gasteiger partial charge in [-0.2, -0.15) is 0 Å². The lowest BCUT2D eigenvalue weighted by atomic mass is 9.87. The number of benzene rings is 2. The molecule has 2 aromatic carbocycles. The van der Waals surface area contributed by atoms with Crippen LogP contribution in [0.1, 0.15) is 19.4 Å². The van der Waals surface area contributed by atoms with Crippen molar-refractivity contribution < 1.29 is 4.79 Å². The first kappa shape index (κ1) is 18.3. The second-order valence-electron chi connectivity index (χ2n) is 7.13. The van der Waals surface area contributed by atoms with Gasteiger partial charge in [-0.25, -0.2) is 0 Å². The molecule has 3 aromatic rings. The molecule has 0 radical (unpaired) electrons. The van der Waals surface area contributed by atoms with Gasteiger partial charge in [-0.1, -0.05) is 52.0 Å². The van der Waals surface area contributed by atoms with Crippen LogP contribution in [0, 0.1) is 0 Å². The van der Waals surface area contributed by atoms with E-state index in [1.807, 2.05) is 30.3 Å². The minimum Gasteiger partial charge on any atom is -0.325 e. The van der Waals surface area contributed by atoms with E-state index in [1.54, 1.807) is 0 Å². The van der Waals surface area contributed by atoms with Gasteiger partial charge in [0.25, 0.3) is 0 Å². The number of hydrogen-bond acceptors (Lipinski definition) is 4. The van der Waals surface area contributed by atoms with Crippen LogP contribution in [-0.2, 0) is 16.8 Å². The monoisotopic (exact) mass is 442 g/mol. The molecule has 2 heterocycles. The molecule has 4 rings (SSSR count). The van der Waals surface area contributed by atoms with Crippen molar-refractivity contribution in [3.8, 4) is 11.4 Å². The number of anilines is 1. The van der Waals surface area contributed by atoms with Gasteiger partial charge in [0.15, 0.2) is 11.0 Å². The Morgan fingerprint density at radius 2 is 1.93 bits per heavy atom. The van der Waals surface area contributed by atoms with Crippen LogP contribution < -0.4 is 5.32 Å². The smallest absolute Gasteiger partial charge is 0.234 e. The zero-order valence-electron chi connectivity index (χ0n) is 15.1. The number of nitrogens with one attached hydrogen (secondary N) is 1. The van der Waals surface area contributed by atoms with Crippen LogP contribution in [0.5, 0.6) is 0 Å². The highest BCUT2D eigenvalue weighted by Crippen LogP contribution is 2.39. The van der Waals surface area contributed by atoms with Crippen LogP contribution in [0.25, 0.3) is 11.4 Å². The Kier molecular flexibility index (Phi) is 4.82. The lowest BCUT2D eigenvalue weighted by Crippen LogP contribution is -2.33. The summed E-state index contributed by atoms with van der Waals surface area (Å²) < 4.78 is 3.14.